The SMILES string of the molecule is Cc1ccc(C(C)n2c(C)cnc2SCC(=O)O)cc1. The summed E-state index contributed by atoms with van der Waals surface area (Å²) in [7, 11) is 0. The minimum absolute atomic E-state index is 0.0249. The zero-order chi connectivity index (χ0) is 14.7. The minimum atomic E-state index is -0.829. The molecule has 2 aromatic rings. The van der Waals surface area contributed by atoms with Crippen LogP contribution in [0.15, 0.2) is 35.6 Å². The van der Waals surface area contributed by atoms with Gasteiger partial charge in [-0.2, -0.15) is 0 Å². The number of aryl methyl sites for hydroxylation is 2. The first-order valence-corrected chi connectivity index (χ1v) is 7.42. The van der Waals surface area contributed by atoms with Gasteiger partial charge < -0.3 is 9.67 Å². The van der Waals surface area contributed by atoms with Crippen LogP contribution >= 0.6 is 11.8 Å². The summed E-state index contributed by atoms with van der Waals surface area (Å²) in [6.45, 7) is 6.15. The summed E-state index contributed by atoms with van der Waals surface area (Å²) in [5.41, 5.74) is 3.45. The van der Waals surface area contributed by atoms with Gasteiger partial charge in [0.2, 0.25) is 0 Å². The molecule has 106 valence electrons. The van der Waals surface area contributed by atoms with Gasteiger partial charge in [-0.05, 0) is 26.3 Å². The number of imidazole rings is 1. The predicted molar refractivity (Wildman–Crippen MR) is 80.3 cm³/mol. The molecule has 0 aliphatic rings. The molecule has 0 bridgehead atoms. The average Bonchev–Trinajstić information content (AvgIpc) is 2.77. The normalized spacial score (nSPS) is 12.3. The van der Waals surface area contributed by atoms with Gasteiger partial charge >= 0.3 is 5.97 Å². The number of carbonyl (C=O) groups is 1. The van der Waals surface area contributed by atoms with Gasteiger partial charge in [0.25, 0.3) is 0 Å². The van der Waals surface area contributed by atoms with Crippen molar-refractivity contribution in [1.29, 1.82) is 0 Å². The molecule has 1 N–H and O–H groups in total. The van der Waals surface area contributed by atoms with Gasteiger partial charge in [-0.1, -0.05) is 41.6 Å². The number of hydrogen-bond acceptors (Lipinski definition) is 3. The number of benzene rings is 1. The second-order valence-electron chi connectivity index (χ2n) is 4.82. The van der Waals surface area contributed by atoms with Crippen LogP contribution < -0.4 is 0 Å². The maximum atomic E-state index is 10.7. The van der Waals surface area contributed by atoms with E-state index in [2.05, 4.69) is 47.7 Å². The number of carboxylic acids is 1. The largest absolute Gasteiger partial charge is 0.481 e. The Hall–Kier alpha value is -1.75. The van der Waals surface area contributed by atoms with Gasteiger partial charge in [-0.25, -0.2) is 4.98 Å². The van der Waals surface area contributed by atoms with Crippen LogP contribution in [0.3, 0.4) is 0 Å². The standard InChI is InChI=1S/C15H18N2O2S/c1-10-4-6-13(7-5-10)12(3)17-11(2)8-16-15(17)20-9-14(18)19/h4-8,12H,9H2,1-3H3,(H,18,19). The van der Waals surface area contributed by atoms with Crippen molar-refractivity contribution >= 4 is 17.7 Å². The molecule has 4 nitrogen and oxygen atoms in total. The number of thioether (sulfide) groups is 1. The van der Waals surface area contributed by atoms with Crippen molar-refractivity contribution in [2.24, 2.45) is 0 Å². The lowest BCUT2D eigenvalue weighted by molar-refractivity contribution is -0.133. The van der Waals surface area contributed by atoms with E-state index in [1.165, 1.54) is 22.9 Å². The fraction of sp³-hybridized carbons (Fsp3) is 0.333. The van der Waals surface area contributed by atoms with Crippen molar-refractivity contribution in [3.8, 4) is 0 Å². The maximum absolute atomic E-state index is 10.7. The zero-order valence-corrected chi connectivity index (χ0v) is 12.6. The second kappa shape index (κ2) is 6.13. The summed E-state index contributed by atoms with van der Waals surface area (Å²) in [5, 5.41) is 9.55. The molecule has 0 aliphatic carbocycles. The monoisotopic (exact) mass is 290 g/mol. The van der Waals surface area contributed by atoms with Crippen LogP contribution in [0.2, 0.25) is 0 Å². The first kappa shape index (κ1) is 14.7. The Balaban J connectivity index is 2.28. The topological polar surface area (TPSA) is 55.1 Å². The van der Waals surface area contributed by atoms with E-state index in [-0.39, 0.29) is 11.8 Å². The molecular weight excluding hydrogens is 272 g/mol. The summed E-state index contributed by atoms with van der Waals surface area (Å²) < 4.78 is 2.08. The Morgan fingerprint density at radius 3 is 2.60 bits per heavy atom. The molecule has 5 heteroatoms. The van der Waals surface area contributed by atoms with Gasteiger partial charge in [0.15, 0.2) is 5.16 Å². The highest BCUT2D eigenvalue weighted by atomic mass is 32.2. The van der Waals surface area contributed by atoms with Gasteiger partial charge in [-0.15, -0.1) is 0 Å². The molecule has 0 fully saturated rings. The predicted octanol–water partition coefficient (Wildman–Crippen LogP) is 3.29. The van der Waals surface area contributed by atoms with Crippen LogP contribution in [0.25, 0.3) is 0 Å². The fourth-order valence-corrected chi connectivity index (χ4v) is 2.94. The summed E-state index contributed by atoms with van der Waals surface area (Å²) >= 11 is 1.25. The number of aromatic nitrogens is 2. The molecule has 0 spiro atoms. The van der Waals surface area contributed by atoms with Crippen LogP contribution in [0.5, 0.6) is 0 Å². The molecule has 1 unspecified atom stereocenters. The van der Waals surface area contributed by atoms with Gasteiger partial charge in [0, 0.05) is 11.9 Å². The summed E-state index contributed by atoms with van der Waals surface area (Å²) in [5.74, 6) is -0.804. The first-order valence-electron chi connectivity index (χ1n) is 6.44. The van der Waals surface area contributed by atoms with Crippen LogP contribution in [-0.4, -0.2) is 26.4 Å². The van der Waals surface area contributed by atoms with Crippen molar-refractivity contribution in [1.82, 2.24) is 9.55 Å². The highest BCUT2D eigenvalue weighted by Gasteiger charge is 2.16. The van der Waals surface area contributed by atoms with E-state index < -0.39 is 5.97 Å². The molecule has 1 atom stereocenters. The van der Waals surface area contributed by atoms with Crippen LogP contribution in [-0.2, 0) is 4.79 Å². The third-order valence-corrected chi connectivity index (χ3v) is 4.17. The average molecular weight is 290 g/mol. The molecule has 0 radical (unpaired) electrons. The van der Waals surface area contributed by atoms with Gasteiger partial charge in [-0.3, -0.25) is 4.79 Å². The number of nitrogens with zero attached hydrogens (tertiary/aromatic N) is 2. The van der Waals surface area contributed by atoms with Crippen molar-refractivity contribution < 1.29 is 9.90 Å². The molecule has 2 rings (SSSR count). The summed E-state index contributed by atoms with van der Waals surface area (Å²) in [6.07, 6.45) is 1.79. The van der Waals surface area contributed by atoms with Gasteiger partial charge in [0.05, 0.1) is 11.8 Å². The van der Waals surface area contributed by atoms with E-state index >= 15 is 0 Å². The smallest absolute Gasteiger partial charge is 0.313 e. The number of carboxylic acid groups (broad SMARTS) is 1. The van der Waals surface area contributed by atoms with E-state index in [4.69, 9.17) is 5.11 Å². The van der Waals surface area contributed by atoms with Crippen LogP contribution in [0, 0.1) is 13.8 Å². The van der Waals surface area contributed by atoms with Crippen molar-refractivity contribution in [2.75, 3.05) is 5.75 Å². The molecule has 0 saturated heterocycles. The van der Waals surface area contributed by atoms with Gasteiger partial charge in [0.1, 0.15) is 0 Å². The number of hydrogen-bond donors (Lipinski definition) is 1. The van der Waals surface area contributed by atoms with Crippen molar-refractivity contribution in [3.63, 3.8) is 0 Å². The molecule has 20 heavy (non-hydrogen) atoms. The van der Waals surface area contributed by atoms with E-state index in [0.717, 1.165) is 10.9 Å². The molecule has 0 aliphatic heterocycles. The Labute approximate surface area is 122 Å². The Morgan fingerprint density at radius 1 is 1.35 bits per heavy atom. The lowest BCUT2D eigenvalue weighted by atomic mass is 10.1. The Morgan fingerprint density at radius 2 is 2.00 bits per heavy atom. The molecular formula is C15H18N2O2S. The van der Waals surface area contributed by atoms with Crippen LogP contribution in [0.1, 0.15) is 29.8 Å². The molecule has 0 saturated carbocycles. The molecule has 1 aromatic carbocycles. The highest BCUT2D eigenvalue weighted by Crippen LogP contribution is 2.27. The zero-order valence-electron chi connectivity index (χ0n) is 11.8. The number of rotatable bonds is 5. The lowest BCUT2D eigenvalue weighted by Crippen LogP contribution is -2.11. The van der Waals surface area contributed by atoms with Crippen LogP contribution in [0.4, 0.5) is 0 Å². The van der Waals surface area contributed by atoms with E-state index in [9.17, 15) is 4.79 Å². The Bertz CT molecular complexity index is 605. The second-order valence-corrected chi connectivity index (χ2v) is 5.76. The maximum Gasteiger partial charge on any atom is 0.313 e. The van der Waals surface area contributed by atoms with Crippen molar-refractivity contribution in [2.45, 2.75) is 32.0 Å². The Kier molecular flexibility index (Phi) is 4.49. The third-order valence-electron chi connectivity index (χ3n) is 3.22. The first-order chi connectivity index (χ1) is 9.49. The van der Waals surface area contributed by atoms with E-state index in [1.54, 1.807) is 6.20 Å². The number of aliphatic carboxylic acids is 1. The molecule has 1 aromatic heterocycles. The third kappa shape index (κ3) is 3.22. The van der Waals surface area contributed by atoms with Crippen molar-refractivity contribution in [3.05, 3.63) is 47.3 Å². The summed E-state index contributed by atoms with van der Waals surface area (Å²) in [6, 6.07) is 8.51. The summed E-state index contributed by atoms with van der Waals surface area (Å²) in [4.78, 5) is 15.0. The minimum Gasteiger partial charge on any atom is -0.481 e. The lowest BCUT2D eigenvalue weighted by Gasteiger charge is -2.18. The molecule has 0 amide bonds. The van der Waals surface area contributed by atoms with E-state index in [0.29, 0.717) is 0 Å². The van der Waals surface area contributed by atoms with E-state index in [1.807, 2.05) is 6.92 Å². The fourth-order valence-electron chi connectivity index (χ4n) is 2.12. The quantitative estimate of drug-likeness (QED) is 0.859. The highest BCUT2D eigenvalue weighted by molar-refractivity contribution is 7.99. The molecule has 1 heterocycles.